The van der Waals surface area contributed by atoms with E-state index >= 15 is 0 Å². The monoisotopic (exact) mass is 378 g/mol. The molecule has 2 aromatic carbocycles. The summed E-state index contributed by atoms with van der Waals surface area (Å²) in [7, 11) is 1.65. The normalized spacial score (nSPS) is 14.3. The standard InChI is InChI=1S/C23H23ClN2O/c1-27-23-9-8-20(24)16-18(23)11-15-26-17-19(10-14-25-12-4-5-13-25)21-6-2-3-7-22(21)26/h2-3,6-9,16-17H,4-5,10,12-14H2,1H3. The van der Waals surface area contributed by atoms with E-state index in [9.17, 15) is 0 Å². The highest BCUT2D eigenvalue weighted by molar-refractivity contribution is 6.30. The second kappa shape index (κ2) is 8.08. The van der Waals surface area contributed by atoms with Crippen LogP contribution in [-0.4, -0.2) is 36.2 Å². The van der Waals surface area contributed by atoms with Crippen LogP contribution < -0.4 is 4.74 Å². The van der Waals surface area contributed by atoms with Crippen molar-refractivity contribution in [2.45, 2.75) is 19.3 Å². The Balaban J connectivity index is 1.66. The maximum absolute atomic E-state index is 6.12. The predicted octanol–water partition coefficient (Wildman–Crippen LogP) is 4.80. The fourth-order valence-electron chi connectivity index (χ4n) is 3.73. The number of ether oxygens (including phenoxy) is 1. The van der Waals surface area contributed by atoms with Gasteiger partial charge in [0.2, 0.25) is 0 Å². The quantitative estimate of drug-likeness (QED) is 0.607. The topological polar surface area (TPSA) is 17.4 Å². The molecule has 1 aromatic heterocycles. The van der Waals surface area contributed by atoms with Gasteiger partial charge < -0.3 is 9.64 Å². The summed E-state index contributed by atoms with van der Waals surface area (Å²) in [5.41, 5.74) is 3.29. The highest BCUT2D eigenvalue weighted by Crippen LogP contribution is 2.24. The first-order chi connectivity index (χ1) is 13.2. The van der Waals surface area contributed by atoms with Crippen LogP contribution in [0, 0.1) is 12.0 Å². The fourth-order valence-corrected chi connectivity index (χ4v) is 3.90. The van der Waals surface area contributed by atoms with E-state index in [4.69, 9.17) is 16.3 Å². The highest BCUT2D eigenvalue weighted by atomic mass is 35.5. The molecule has 2 heterocycles. The molecule has 0 radical (unpaired) electrons. The number of para-hydroxylation sites is 1. The molecule has 3 nitrogen and oxygen atoms in total. The molecule has 138 valence electrons. The first-order valence-electron chi connectivity index (χ1n) is 9.41. The average Bonchev–Trinajstić information content (AvgIpc) is 3.33. The molecule has 0 unspecified atom stereocenters. The first-order valence-corrected chi connectivity index (χ1v) is 9.79. The van der Waals surface area contributed by atoms with E-state index in [1.165, 1.54) is 36.9 Å². The van der Waals surface area contributed by atoms with Gasteiger partial charge in [-0.3, -0.25) is 4.57 Å². The van der Waals surface area contributed by atoms with Crippen molar-refractivity contribution in [1.29, 1.82) is 0 Å². The van der Waals surface area contributed by atoms with Gasteiger partial charge >= 0.3 is 0 Å². The summed E-state index contributed by atoms with van der Waals surface area (Å²) in [6, 6.07) is 17.2. The van der Waals surface area contributed by atoms with Crippen molar-refractivity contribution in [3.63, 3.8) is 0 Å². The van der Waals surface area contributed by atoms with Gasteiger partial charge in [-0.15, -0.1) is 0 Å². The Labute approximate surface area is 165 Å². The lowest BCUT2D eigenvalue weighted by Gasteiger charge is -2.13. The summed E-state index contributed by atoms with van der Waals surface area (Å²) in [6.07, 6.45) is 5.88. The zero-order chi connectivity index (χ0) is 18.6. The van der Waals surface area contributed by atoms with Crippen LogP contribution in [0.2, 0.25) is 5.02 Å². The smallest absolute Gasteiger partial charge is 0.134 e. The summed E-state index contributed by atoms with van der Waals surface area (Å²) in [5, 5.41) is 1.94. The Morgan fingerprint density at radius 2 is 1.93 bits per heavy atom. The van der Waals surface area contributed by atoms with Crippen molar-refractivity contribution in [3.8, 4) is 17.7 Å². The Kier molecular flexibility index (Phi) is 5.38. The van der Waals surface area contributed by atoms with Crippen LogP contribution in [-0.2, 0) is 6.42 Å². The van der Waals surface area contributed by atoms with Crippen molar-refractivity contribution in [3.05, 3.63) is 64.8 Å². The third-order valence-corrected chi connectivity index (χ3v) is 5.40. The molecule has 4 heteroatoms. The largest absolute Gasteiger partial charge is 0.495 e. The number of rotatable bonds is 4. The van der Waals surface area contributed by atoms with Crippen LogP contribution in [0.25, 0.3) is 10.9 Å². The number of nitrogens with zero attached hydrogens (tertiary/aromatic N) is 2. The van der Waals surface area contributed by atoms with Crippen molar-refractivity contribution in [2.75, 3.05) is 26.7 Å². The second-order valence-electron chi connectivity index (χ2n) is 6.92. The predicted molar refractivity (Wildman–Crippen MR) is 112 cm³/mol. The third-order valence-electron chi connectivity index (χ3n) is 5.16. The molecule has 0 atom stereocenters. The van der Waals surface area contributed by atoms with Crippen molar-refractivity contribution in [1.82, 2.24) is 9.47 Å². The lowest BCUT2D eigenvalue weighted by Crippen LogP contribution is -2.21. The second-order valence-corrected chi connectivity index (χ2v) is 7.36. The van der Waals surface area contributed by atoms with E-state index in [0.29, 0.717) is 5.02 Å². The molecule has 0 spiro atoms. The molecular weight excluding hydrogens is 356 g/mol. The van der Waals surface area contributed by atoms with Crippen LogP contribution in [0.15, 0.2) is 48.7 Å². The number of likely N-dealkylation sites (tertiary alicyclic amines) is 1. The maximum Gasteiger partial charge on any atom is 0.134 e. The molecule has 1 aliphatic rings. The van der Waals surface area contributed by atoms with Gasteiger partial charge in [0, 0.05) is 29.2 Å². The van der Waals surface area contributed by atoms with Crippen LogP contribution >= 0.6 is 11.6 Å². The summed E-state index contributed by atoms with van der Waals surface area (Å²) in [4.78, 5) is 2.55. The number of aromatic nitrogens is 1. The third kappa shape index (κ3) is 3.98. The SMILES string of the molecule is COc1ccc(Cl)cc1C#Cn1cc(CCN2CCCC2)c2ccccc21. The van der Waals surface area contributed by atoms with E-state index in [0.717, 1.165) is 29.8 Å². The minimum Gasteiger partial charge on any atom is -0.495 e. The van der Waals surface area contributed by atoms with Gasteiger partial charge in [-0.05, 0) is 68.1 Å². The highest BCUT2D eigenvalue weighted by Gasteiger charge is 2.13. The first kappa shape index (κ1) is 18.0. The number of hydrogen-bond acceptors (Lipinski definition) is 2. The minimum absolute atomic E-state index is 0.656. The lowest BCUT2D eigenvalue weighted by molar-refractivity contribution is 0.344. The number of benzene rings is 2. The van der Waals surface area contributed by atoms with E-state index in [1.807, 2.05) is 22.8 Å². The molecular formula is C23H23ClN2O. The van der Waals surface area contributed by atoms with Gasteiger partial charge in [-0.25, -0.2) is 0 Å². The van der Waals surface area contributed by atoms with E-state index in [1.54, 1.807) is 7.11 Å². The lowest BCUT2D eigenvalue weighted by atomic mass is 10.1. The molecule has 0 bridgehead atoms. The molecule has 0 N–H and O–H groups in total. The summed E-state index contributed by atoms with van der Waals surface area (Å²) >= 11 is 6.12. The number of fused-ring (bicyclic) bond motifs is 1. The van der Waals surface area contributed by atoms with Crippen LogP contribution in [0.1, 0.15) is 24.0 Å². The van der Waals surface area contributed by atoms with Crippen molar-refractivity contribution in [2.24, 2.45) is 0 Å². The van der Waals surface area contributed by atoms with Gasteiger partial charge in [0.05, 0.1) is 18.2 Å². The van der Waals surface area contributed by atoms with Gasteiger partial charge in [0.25, 0.3) is 0 Å². The molecule has 4 rings (SSSR count). The van der Waals surface area contributed by atoms with Gasteiger partial charge in [-0.1, -0.05) is 29.8 Å². The molecule has 27 heavy (non-hydrogen) atoms. The average molecular weight is 379 g/mol. The summed E-state index contributed by atoms with van der Waals surface area (Å²) < 4.78 is 7.42. The molecule has 1 fully saturated rings. The van der Waals surface area contributed by atoms with Gasteiger partial charge in [0.1, 0.15) is 5.75 Å². The van der Waals surface area contributed by atoms with Crippen molar-refractivity contribution < 1.29 is 4.74 Å². The fraction of sp³-hybridized carbons (Fsp3) is 0.304. The minimum atomic E-state index is 0.656. The molecule has 1 saturated heterocycles. The zero-order valence-corrected chi connectivity index (χ0v) is 16.3. The Hall–Kier alpha value is -2.41. The molecule has 0 saturated carbocycles. The van der Waals surface area contributed by atoms with Crippen LogP contribution in [0.4, 0.5) is 0 Å². The number of hydrogen-bond donors (Lipinski definition) is 0. The van der Waals surface area contributed by atoms with Crippen LogP contribution in [0.5, 0.6) is 5.75 Å². The number of halogens is 1. The van der Waals surface area contributed by atoms with Gasteiger partial charge in [-0.2, -0.15) is 0 Å². The Bertz CT molecular complexity index is 1010. The molecule has 1 aliphatic heterocycles. The zero-order valence-electron chi connectivity index (χ0n) is 15.5. The summed E-state index contributed by atoms with van der Waals surface area (Å²) in [6.45, 7) is 3.57. The van der Waals surface area contributed by atoms with E-state index < -0.39 is 0 Å². The van der Waals surface area contributed by atoms with Crippen LogP contribution in [0.3, 0.4) is 0 Å². The Morgan fingerprint density at radius 1 is 1.11 bits per heavy atom. The number of methoxy groups -OCH3 is 1. The Morgan fingerprint density at radius 3 is 2.74 bits per heavy atom. The van der Waals surface area contributed by atoms with Gasteiger partial charge in [0.15, 0.2) is 0 Å². The summed E-state index contributed by atoms with van der Waals surface area (Å²) in [5.74, 6) is 3.95. The molecule has 0 amide bonds. The van der Waals surface area contributed by atoms with E-state index in [-0.39, 0.29) is 0 Å². The molecule has 3 aromatic rings. The van der Waals surface area contributed by atoms with Crippen molar-refractivity contribution >= 4 is 22.5 Å². The van der Waals surface area contributed by atoms with E-state index in [2.05, 4.69) is 47.3 Å². The molecule has 0 aliphatic carbocycles. The maximum atomic E-state index is 6.12.